The van der Waals surface area contributed by atoms with Crippen LogP contribution in [0.2, 0.25) is 0 Å². The standard InChI is InChI=1S/C9H10INO2S2/c1-11-7-4-2-3-5-8(7)14-9(11,10)6-15(12)13/h2-5H,6H2,1H3,(H,12,13)/p-1. The highest BCUT2D eigenvalue weighted by atomic mass is 127. The zero-order valence-electron chi connectivity index (χ0n) is 7.97. The van der Waals surface area contributed by atoms with Gasteiger partial charge in [-0.05, 0) is 34.7 Å². The zero-order chi connectivity index (χ0) is 11.1. The molecule has 6 heteroatoms. The lowest BCUT2D eigenvalue weighted by Crippen LogP contribution is -2.39. The summed E-state index contributed by atoms with van der Waals surface area (Å²) in [6.45, 7) is 0. The van der Waals surface area contributed by atoms with Crippen LogP contribution in [0.5, 0.6) is 0 Å². The number of hydrogen-bond acceptors (Lipinski definition) is 4. The van der Waals surface area contributed by atoms with Crippen molar-refractivity contribution in [1.29, 1.82) is 0 Å². The SMILES string of the molecule is CN1c2ccccc2SC1(I)CS(=O)[O-]. The zero-order valence-corrected chi connectivity index (χ0v) is 11.8. The molecule has 1 aliphatic rings. The average Bonchev–Trinajstić information content (AvgIpc) is 2.39. The summed E-state index contributed by atoms with van der Waals surface area (Å²) < 4.78 is 21.2. The number of benzene rings is 1. The quantitative estimate of drug-likeness (QED) is 0.354. The van der Waals surface area contributed by atoms with Gasteiger partial charge in [-0.3, -0.25) is 4.21 Å². The van der Waals surface area contributed by atoms with Crippen LogP contribution in [0.1, 0.15) is 0 Å². The van der Waals surface area contributed by atoms with Crippen LogP contribution in [0, 0.1) is 0 Å². The molecular formula is C9H9INO2S2-. The molecule has 0 N–H and O–H groups in total. The molecule has 82 valence electrons. The second kappa shape index (κ2) is 4.23. The largest absolute Gasteiger partial charge is 0.772 e. The summed E-state index contributed by atoms with van der Waals surface area (Å²) in [5, 5.41) is 0. The first-order valence-electron chi connectivity index (χ1n) is 4.29. The molecule has 0 aromatic heterocycles. The molecule has 1 aromatic carbocycles. The molecular weight excluding hydrogens is 345 g/mol. The number of thioether (sulfide) groups is 1. The Morgan fingerprint density at radius 1 is 1.60 bits per heavy atom. The Kier molecular flexibility index (Phi) is 3.30. The fraction of sp³-hybridized carbons (Fsp3) is 0.333. The Balaban J connectivity index is 2.33. The van der Waals surface area contributed by atoms with Crippen molar-refractivity contribution in [2.24, 2.45) is 0 Å². The van der Waals surface area contributed by atoms with Crippen LogP contribution in [-0.4, -0.2) is 24.4 Å². The number of hydrogen-bond donors (Lipinski definition) is 0. The Bertz CT molecular complexity index is 415. The monoisotopic (exact) mass is 354 g/mol. The summed E-state index contributed by atoms with van der Waals surface area (Å²) in [5.74, 6) is 0.128. The number of halogens is 1. The molecule has 2 atom stereocenters. The topological polar surface area (TPSA) is 43.4 Å². The summed E-state index contributed by atoms with van der Waals surface area (Å²) >= 11 is 1.77. The molecule has 1 aliphatic heterocycles. The van der Waals surface area contributed by atoms with Crippen LogP contribution in [0.4, 0.5) is 5.69 Å². The molecule has 0 amide bonds. The van der Waals surface area contributed by atoms with E-state index in [-0.39, 0.29) is 5.75 Å². The van der Waals surface area contributed by atoms with Crippen LogP contribution < -0.4 is 4.90 Å². The second-order valence-electron chi connectivity index (χ2n) is 3.27. The van der Waals surface area contributed by atoms with E-state index in [1.807, 2.05) is 36.2 Å². The molecule has 0 fully saturated rings. The van der Waals surface area contributed by atoms with Gasteiger partial charge in [0.1, 0.15) is 0 Å². The van der Waals surface area contributed by atoms with Crippen molar-refractivity contribution < 1.29 is 8.76 Å². The molecule has 15 heavy (non-hydrogen) atoms. The molecule has 0 spiro atoms. The Labute approximate surface area is 109 Å². The van der Waals surface area contributed by atoms with Crippen molar-refractivity contribution in [3.8, 4) is 0 Å². The number of anilines is 1. The predicted octanol–water partition coefficient (Wildman–Crippen LogP) is 2.20. The highest BCUT2D eigenvalue weighted by Gasteiger charge is 2.40. The highest BCUT2D eigenvalue weighted by molar-refractivity contribution is 14.1. The van der Waals surface area contributed by atoms with Gasteiger partial charge < -0.3 is 9.45 Å². The van der Waals surface area contributed by atoms with E-state index in [2.05, 4.69) is 22.6 Å². The van der Waals surface area contributed by atoms with Gasteiger partial charge in [0, 0.05) is 11.9 Å². The molecule has 2 rings (SSSR count). The van der Waals surface area contributed by atoms with Gasteiger partial charge >= 0.3 is 0 Å². The lowest BCUT2D eigenvalue weighted by Gasteiger charge is -2.31. The molecule has 0 saturated heterocycles. The van der Waals surface area contributed by atoms with Gasteiger partial charge in [-0.15, -0.1) is 0 Å². The average molecular weight is 354 g/mol. The van der Waals surface area contributed by atoms with Crippen LogP contribution in [0.15, 0.2) is 29.2 Å². The molecule has 2 unspecified atom stereocenters. The Morgan fingerprint density at radius 3 is 2.87 bits per heavy atom. The first kappa shape index (κ1) is 11.7. The number of nitrogens with zero attached hydrogens (tertiary/aromatic N) is 1. The van der Waals surface area contributed by atoms with E-state index in [1.54, 1.807) is 11.8 Å². The van der Waals surface area contributed by atoms with Crippen molar-refractivity contribution in [2.45, 2.75) is 7.77 Å². The van der Waals surface area contributed by atoms with Crippen LogP contribution in [0.3, 0.4) is 0 Å². The minimum atomic E-state index is -2.02. The van der Waals surface area contributed by atoms with Crippen molar-refractivity contribution in [3.05, 3.63) is 24.3 Å². The predicted molar refractivity (Wildman–Crippen MR) is 71.2 cm³/mol. The van der Waals surface area contributed by atoms with Gasteiger partial charge in [-0.1, -0.05) is 35.0 Å². The van der Waals surface area contributed by atoms with Crippen molar-refractivity contribution in [1.82, 2.24) is 0 Å². The highest BCUT2D eigenvalue weighted by Crippen LogP contribution is 2.53. The maximum absolute atomic E-state index is 10.8. The fourth-order valence-electron chi connectivity index (χ4n) is 1.51. The molecule has 0 aliphatic carbocycles. The summed E-state index contributed by atoms with van der Waals surface area (Å²) in [6, 6.07) is 7.96. The number of para-hydroxylation sites is 1. The van der Waals surface area contributed by atoms with Crippen molar-refractivity contribution in [2.75, 3.05) is 17.7 Å². The minimum absolute atomic E-state index is 0.128. The second-order valence-corrected chi connectivity index (χ2v) is 8.00. The maximum Gasteiger partial charge on any atom is 0.153 e. The molecule has 0 bridgehead atoms. The van der Waals surface area contributed by atoms with Gasteiger partial charge in [-0.25, -0.2) is 0 Å². The van der Waals surface area contributed by atoms with Gasteiger partial charge in [0.15, 0.2) is 2.88 Å². The molecule has 0 radical (unpaired) electrons. The third-order valence-electron chi connectivity index (χ3n) is 2.29. The summed E-state index contributed by atoms with van der Waals surface area (Å²) in [4.78, 5) is 3.16. The third kappa shape index (κ3) is 2.17. The molecule has 1 heterocycles. The summed E-state index contributed by atoms with van der Waals surface area (Å²) in [5.41, 5.74) is 1.10. The minimum Gasteiger partial charge on any atom is -0.772 e. The number of fused-ring (bicyclic) bond motifs is 1. The van der Waals surface area contributed by atoms with E-state index in [1.165, 1.54) is 0 Å². The van der Waals surface area contributed by atoms with Gasteiger partial charge in [0.05, 0.1) is 11.4 Å². The summed E-state index contributed by atoms with van der Waals surface area (Å²) in [7, 11) is 1.93. The molecule has 1 aromatic rings. The molecule has 3 nitrogen and oxygen atoms in total. The maximum atomic E-state index is 10.8. The third-order valence-corrected chi connectivity index (χ3v) is 6.71. The van der Waals surface area contributed by atoms with Crippen LogP contribution >= 0.6 is 34.4 Å². The van der Waals surface area contributed by atoms with Crippen molar-refractivity contribution in [3.63, 3.8) is 0 Å². The van der Waals surface area contributed by atoms with Gasteiger partial charge in [0.2, 0.25) is 0 Å². The lowest BCUT2D eigenvalue weighted by atomic mass is 10.3. The Hall–Kier alpha value is 0.210. The molecule has 0 saturated carbocycles. The number of alkyl halides is 1. The van der Waals surface area contributed by atoms with Crippen LogP contribution in [-0.2, 0) is 11.1 Å². The number of rotatable bonds is 2. The fourth-order valence-corrected chi connectivity index (χ4v) is 5.28. The lowest BCUT2D eigenvalue weighted by molar-refractivity contribution is 0.535. The van der Waals surface area contributed by atoms with E-state index in [9.17, 15) is 8.76 Å². The van der Waals surface area contributed by atoms with E-state index in [0.29, 0.717) is 0 Å². The summed E-state index contributed by atoms with van der Waals surface area (Å²) in [6.07, 6.45) is 0. The van der Waals surface area contributed by atoms with Crippen LogP contribution in [0.25, 0.3) is 0 Å². The van der Waals surface area contributed by atoms with Gasteiger partial charge in [0.25, 0.3) is 0 Å². The first-order chi connectivity index (χ1) is 7.03. The normalized spacial score (nSPS) is 26.5. The Morgan fingerprint density at radius 2 is 2.27 bits per heavy atom. The van der Waals surface area contributed by atoms with E-state index >= 15 is 0 Å². The first-order valence-corrected chi connectivity index (χ1v) is 7.43. The van der Waals surface area contributed by atoms with Gasteiger partial charge in [-0.2, -0.15) is 0 Å². The van der Waals surface area contributed by atoms with E-state index < -0.39 is 14.0 Å². The van der Waals surface area contributed by atoms with E-state index in [4.69, 9.17) is 0 Å². The van der Waals surface area contributed by atoms with Crippen molar-refractivity contribution >= 4 is 51.1 Å². The smallest absolute Gasteiger partial charge is 0.153 e. The van der Waals surface area contributed by atoms with E-state index in [0.717, 1.165) is 10.6 Å².